The highest BCUT2D eigenvalue weighted by Crippen LogP contribution is 2.27. The molecule has 4 heteroatoms. The predicted molar refractivity (Wildman–Crippen MR) is 85.7 cm³/mol. The smallest absolute Gasteiger partial charge is 0.238 e. The zero-order valence-corrected chi connectivity index (χ0v) is 13.0. The quantitative estimate of drug-likeness (QED) is 0.846. The summed E-state index contributed by atoms with van der Waals surface area (Å²) < 4.78 is 5.24. The monoisotopic (exact) mass is 290 g/mol. The highest BCUT2D eigenvalue weighted by molar-refractivity contribution is 5.93. The van der Waals surface area contributed by atoms with Crippen molar-refractivity contribution in [3.63, 3.8) is 0 Å². The van der Waals surface area contributed by atoms with Gasteiger partial charge in [-0.15, -0.1) is 0 Å². The fraction of sp³-hybridized carbons (Fsp3) is 0.588. The average Bonchev–Trinajstić information content (AvgIpc) is 2.53. The van der Waals surface area contributed by atoms with Crippen molar-refractivity contribution in [1.82, 2.24) is 5.32 Å². The van der Waals surface area contributed by atoms with Gasteiger partial charge >= 0.3 is 0 Å². The van der Waals surface area contributed by atoms with Crippen LogP contribution in [0.2, 0.25) is 0 Å². The summed E-state index contributed by atoms with van der Waals surface area (Å²) in [5, 5.41) is 6.33. The number of hydrogen-bond donors (Lipinski definition) is 2. The molecule has 1 aromatic rings. The van der Waals surface area contributed by atoms with Crippen LogP contribution in [0.4, 0.5) is 5.69 Å². The second-order valence-electron chi connectivity index (χ2n) is 5.69. The lowest BCUT2D eigenvalue weighted by Gasteiger charge is -2.31. The van der Waals surface area contributed by atoms with E-state index in [4.69, 9.17) is 4.74 Å². The topological polar surface area (TPSA) is 50.4 Å². The molecule has 2 rings (SSSR count). The average molecular weight is 290 g/mol. The van der Waals surface area contributed by atoms with E-state index in [9.17, 15) is 4.79 Å². The van der Waals surface area contributed by atoms with E-state index in [-0.39, 0.29) is 5.91 Å². The highest BCUT2D eigenvalue weighted by atomic mass is 16.5. The normalized spacial score (nSPS) is 21.8. The first-order chi connectivity index (χ1) is 10.2. The van der Waals surface area contributed by atoms with Gasteiger partial charge < -0.3 is 15.4 Å². The molecule has 2 N–H and O–H groups in total. The molecule has 1 amide bonds. The Labute approximate surface area is 127 Å². The lowest BCUT2D eigenvalue weighted by atomic mass is 9.83. The van der Waals surface area contributed by atoms with Crippen LogP contribution in [0.3, 0.4) is 0 Å². The molecule has 0 heterocycles. The Morgan fingerprint density at radius 3 is 2.81 bits per heavy atom. The molecular formula is C17H26N2O2. The van der Waals surface area contributed by atoms with Gasteiger partial charge in [-0.25, -0.2) is 0 Å². The zero-order chi connectivity index (χ0) is 15.1. The minimum Gasteiger partial charge on any atom is -0.495 e. The maximum atomic E-state index is 12.1. The molecule has 21 heavy (non-hydrogen) atoms. The maximum absolute atomic E-state index is 12.1. The van der Waals surface area contributed by atoms with Gasteiger partial charge in [0, 0.05) is 6.04 Å². The third-order valence-corrected chi connectivity index (χ3v) is 4.34. The molecule has 0 spiro atoms. The second-order valence-corrected chi connectivity index (χ2v) is 5.69. The van der Waals surface area contributed by atoms with Crippen LogP contribution in [-0.4, -0.2) is 25.6 Å². The van der Waals surface area contributed by atoms with Crippen molar-refractivity contribution in [2.45, 2.75) is 45.1 Å². The van der Waals surface area contributed by atoms with Gasteiger partial charge in [0.1, 0.15) is 5.75 Å². The lowest BCUT2D eigenvalue weighted by molar-refractivity contribution is -0.115. The van der Waals surface area contributed by atoms with E-state index < -0.39 is 0 Å². The van der Waals surface area contributed by atoms with Crippen molar-refractivity contribution in [3.8, 4) is 5.75 Å². The van der Waals surface area contributed by atoms with Gasteiger partial charge in [0.15, 0.2) is 0 Å². The third kappa shape index (κ3) is 4.46. The minimum absolute atomic E-state index is 0.0140. The Kier molecular flexibility index (Phi) is 6.05. The Hall–Kier alpha value is -1.55. The molecule has 0 bridgehead atoms. The second kappa shape index (κ2) is 8.03. The number of ether oxygens (including phenoxy) is 1. The highest BCUT2D eigenvalue weighted by Gasteiger charge is 2.23. The fourth-order valence-electron chi connectivity index (χ4n) is 3.13. The molecular weight excluding hydrogens is 264 g/mol. The molecule has 1 fully saturated rings. The summed E-state index contributed by atoms with van der Waals surface area (Å²) in [6.45, 7) is 2.60. The number of para-hydroxylation sites is 2. The molecule has 4 nitrogen and oxygen atoms in total. The summed E-state index contributed by atoms with van der Waals surface area (Å²) in [6, 6.07) is 7.95. The molecule has 1 aliphatic rings. The number of carbonyl (C=O) groups is 1. The standard InChI is InChI=1S/C17H26N2O2/c1-3-13-8-4-5-9-14(13)18-12-17(20)19-15-10-6-7-11-16(15)21-2/h6-7,10-11,13-14,18H,3-5,8-9,12H2,1-2H3,(H,19,20). The van der Waals surface area contributed by atoms with E-state index in [1.165, 1.54) is 32.1 Å². The van der Waals surface area contributed by atoms with Gasteiger partial charge in [-0.05, 0) is 30.9 Å². The Morgan fingerprint density at radius 2 is 2.05 bits per heavy atom. The summed E-state index contributed by atoms with van der Waals surface area (Å²) in [4.78, 5) is 12.1. The molecule has 116 valence electrons. The van der Waals surface area contributed by atoms with Gasteiger partial charge in [0.05, 0.1) is 19.3 Å². The Bertz CT molecular complexity index is 462. The van der Waals surface area contributed by atoms with Crippen LogP contribution in [0.25, 0.3) is 0 Å². The first-order valence-corrected chi connectivity index (χ1v) is 7.90. The van der Waals surface area contributed by atoms with Crippen LogP contribution in [0.1, 0.15) is 39.0 Å². The third-order valence-electron chi connectivity index (χ3n) is 4.34. The molecule has 0 radical (unpaired) electrons. The molecule has 1 aromatic carbocycles. The Morgan fingerprint density at radius 1 is 1.29 bits per heavy atom. The predicted octanol–water partition coefficient (Wildman–Crippen LogP) is 3.19. The van der Waals surface area contributed by atoms with Gasteiger partial charge in [-0.2, -0.15) is 0 Å². The molecule has 2 unspecified atom stereocenters. The number of rotatable bonds is 6. The van der Waals surface area contributed by atoms with Crippen molar-refractivity contribution < 1.29 is 9.53 Å². The number of carbonyl (C=O) groups excluding carboxylic acids is 1. The molecule has 0 saturated heterocycles. The molecule has 2 atom stereocenters. The number of benzene rings is 1. The number of methoxy groups -OCH3 is 1. The van der Waals surface area contributed by atoms with Crippen molar-refractivity contribution in [1.29, 1.82) is 0 Å². The lowest BCUT2D eigenvalue weighted by Crippen LogP contribution is -2.42. The van der Waals surface area contributed by atoms with Crippen LogP contribution in [0.5, 0.6) is 5.75 Å². The first kappa shape index (κ1) is 15.8. The van der Waals surface area contributed by atoms with Gasteiger partial charge in [-0.1, -0.05) is 38.3 Å². The SMILES string of the molecule is CCC1CCCCC1NCC(=O)Nc1ccccc1OC. The molecule has 1 saturated carbocycles. The maximum Gasteiger partial charge on any atom is 0.238 e. The van der Waals surface area contributed by atoms with Gasteiger partial charge in [-0.3, -0.25) is 4.79 Å². The summed E-state index contributed by atoms with van der Waals surface area (Å²) in [5.41, 5.74) is 0.725. The van der Waals surface area contributed by atoms with E-state index in [2.05, 4.69) is 17.6 Å². The van der Waals surface area contributed by atoms with Crippen LogP contribution < -0.4 is 15.4 Å². The summed E-state index contributed by atoms with van der Waals surface area (Å²) >= 11 is 0. The van der Waals surface area contributed by atoms with Crippen molar-refractivity contribution in [2.24, 2.45) is 5.92 Å². The van der Waals surface area contributed by atoms with Crippen molar-refractivity contribution >= 4 is 11.6 Å². The Balaban J connectivity index is 1.84. The molecule has 1 aliphatic carbocycles. The first-order valence-electron chi connectivity index (χ1n) is 7.90. The molecule has 0 aliphatic heterocycles. The molecule has 0 aromatic heterocycles. The number of hydrogen-bond acceptors (Lipinski definition) is 3. The fourth-order valence-corrected chi connectivity index (χ4v) is 3.13. The van der Waals surface area contributed by atoms with Crippen LogP contribution in [-0.2, 0) is 4.79 Å². The van der Waals surface area contributed by atoms with Crippen LogP contribution >= 0.6 is 0 Å². The van der Waals surface area contributed by atoms with E-state index in [0.717, 1.165) is 5.69 Å². The number of amides is 1. The van der Waals surface area contributed by atoms with E-state index in [1.807, 2.05) is 24.3 Å². The summed E-state index contributed by atoms with van der Waals surface area (Å²) in [7, 11) is 1.61. The van der Waals surface area contributed by atoms with Crippen molar-refractivity contribution in [3.05, 3.63) is 24.3 Å². The van der Waals surface area contributed by atoms with Crippen molar-refractivity contribution in [2.75, 3.05) is 19.0 Å². The zero-order valence-electron chi connectivity index (χ0n) is 13.0. The number of anilines is 1. The largest absolute Gasteiger partial charge is 0.495 e. The summed E-state index contributed by atoms with van der Waals surface area (Å²) in [5.74, 6) is 1.38. The van der Waals surface area contributed by atoms with Crippen LogP contribution in [0, 0.1) is 5.92 Å². The van der Waals surface area contributed by atoms with Crippen LogP contribution in [0.15, 0.2) is 24.3 Å². The number of nitrogens with one attached hydrogen (secondary N) is 2. The summed E-state index contributed by atoms with van der Waals surface area (Å²) in [6.07, 6.45) is 6.24. The van der Waals surface area contributed by atoms with Gasteiger partial charge in [0.2, 0.25) is 5.91 Å². The van der Waals surface area contributed by atoms with E-state index in [1.54, 1.807) is 7.11 Å². The van der Waals surface area contributed by atoms with Gasteiger partial charge in [0.25, 0.3) is 0 Å². The van der Waals surface area contributed by atoms with E-state index in [0.29, 0.717) is 24.3 Å². The van der Waals surface area contributed by atoms with E-state index >= 15 is 0 Å². The minimum atomic E-state index is -0.0140.